The summed E-state index contributed by atoms with van der Waals surface area (Å²) in [6.07, 6.45) is 0.442. The van der Waals surface area contributed by atoms with E-state index in [1.165, 1.54) is 11.1 Å². The van der Waals surface area contributed by atoms with Gasteiger partial charge in [-0.2, -0.15) is 0 Å². The summed E-state index contributed by atoms with van der Waals surface area (Å²) in [6.45, 7) is 6.66. The van der Waals surface area contributed by atoms with Crippen LogP contribution in [0.3, 0.4) is 0 Å². The molecule has 0 unspecified atom stereocenters. The summed E-state index contributed by atoms with van der Waals surface area (Å²) in [5.41, 5.74) is 8.58. The van der Waals surface area contributed by atoms with Gasteiger partial charge < -0.3 is 10.6 Å². The molecule has 1 aromatic carbocycles. The molecule has 5 nitrogen and oxygen atoms in total. The van der Waals surface area contributed by atoms with Crippen molar-refractivity contribution in [2.75, 3.05) is 37.6 Å². The van der Waals surface area contributed by atoms with Crippen LogP contribution in [-0.4, -0.2) is 48.5 Å². The minimum Gasteiger partial charge on any atom is -0.370 e. The van der Waals surface area contributed by atoms with Gasteiger partial charge in [0.1, 0.15) is 0 Å². The first-order valence-corrected chi connectivity index (χ1v) is 7.75. The maximum absolute atomic E-state index is 10.9. The Morgan fingerprint density at radius 3 is 2.68 bits per heavy atom. The number of carbonyl (C=O) groups excluding carboxylic acids is 1. The van der Waals surface area contributed by atoms with Crippen LogP contribution >= 0.6 is 0 Å². The Bertz CT molecular complexity index is 677. The van der Waals surface area contributed by atoms with Gasteiger partial charge in [0.15, 0.2) is 0 Å². The van der Waals surface area contributed by atoms with Crippen LogP contribution in [0, 0.1) is 6.92 Å². The SMILES string of the molecule is Cc1cc(N2CCN(CCC(N)=O)CC2)c2ccccc2n1. The Morgan fingerprint density at radius 1 is 1.23 bits per heavy atom. The molecule has 1 amide bonds. The van der Waals surface area contributed by atoms with Gasteiger partial charge >= 0.3 is 0 Å². The Balaban J connectivity index is 1.75. The molecule has 0 saturated carbocycles. The molecule has 0 atom stereocenters. The summed E-state index contributed by atoms with van der Waals surface area (Å²) in [5.74, 6) is -0.224. The molecule has 2 N–H and O–H groups in total. The number of carbonyl (C=O) groups is 1. The zero-order chi connectivity index (χ0) is 15.5. The third kappa shape index (κ3) is 3.20. The summed E-state index contributed by atoms with van der Waals surface area (Å²) < 4.78 is 0. The van der Waals surface area contributed by atoms with Gasteiger partial charge in [0.25, 0.3) is 0 Å². The van der Waals surface area contributed by atoms with Crippen molar-refractivity contribution in [3.05, 3.63) is 36.0 Å². The van der Waals surface area contributed by atoms with Crippen LogP contribution < -0.4 is 10.6 Å². The van der Waals surface area contributed by atoms with Crippen LogP contribution in [0.4, 0.5) is 5.69 Å². The van der Waals surface area contributed by atoms with Crippen molar-refractivity contribution in [3.8, 4) is 0 Å². The summed E-state index contributed by atoms with van der Waals surface area (Å²) in [6, 6.07) is 10.5. The smallest absolute Gasteiger partial charge is 0.218 e. The minimum absolute atomic E-state index is 0.224. The number of hydrogen-bond donors (Lipinski definition) is 1. The Morgan fingerprint density at radius 2 is 1.95 bits per heavy atom. The third-order valence-corrected chi connectivity index (χ3v) is 4.21. The van der Waals surface area contributed by atoms with Gasteiger partial charge in [-0.3, -0.25) is 14.7 Å². The second kappa shape index (κ2) is 6.32. The number of benzene rings is 1. The predicted molar refractivity (Wildman–Crippen MR) is 88.9 cm³/mol. The number of rotatable bonds is 4. The number of nitrogens with two attached hydrogens (primary N) is 1. The number of aromatic nitrogens is 1. The highest BCUT2D eigenvalue weighted by atomic mass is 16.1. The molecule has 116 valence electrons. The third-order valence-electron chi connectivity index (χ3n) is 4.21. The first-order chi connectivity index (χ1) is 10.6. The van der Waals surface area contributed by atoms with Crippen molar-refractivity contribution in [2.24, 2.45) is 5.73 Å². The van der Waals surface area contributed by atoms with E-state index in [9.17, 15) is 4.79 Å². The number of amides is 1. The average molecular weight is 298 g/mol. The van der Waals surface area contributed by atoms with E-state index in [0.717, 1.165) is 43.9 Å². The van der Waals surface area contributed by atoms with Crippen molar-refractivity contribution in [1.82, 2.24) is 9.88 Å². The molecule has 22 heavy (non-hydrogen) atoms. The predicted octanol–water partition coefficient (Wildman–Crippen LogP) is 1.54. The van der Waals surface area contributed by atoms with Crippen LogP contribution in [-0.2, 0) is 4.79 Å². The molecule has 0 aliphatic carbocycles. The molecule has 1 aromatic heterocycles. The normalized spacial score (nSPS) is 16.1. The molecule has 1 aliphatic rings. The zero-order valence-corrected chi connectivity index (χ0v) is 13.0. The van der Waals surface area contributed by atoms with Crippen molar-refractivity contribution in [3.63, 3.8) is 0 Å². The molecule has 5 heteroatoms. The van der Waals surface area contributed by atoms with Crippen molar-refractivity contribution in [2.45, 2.75) is 13.3 Å². The van der Waals surface area contributed by atoms with E-state index < -0.39 is 0 Å². The number of para-hydroxylation sites is 1. The molecule has 2 heterocycles. The lowest BCUT2D eigenvalue weighted by atomic mass is 10.1. The van der Waals surface area contributed by atoms with E-state index in [4.69, 9.17) is 5.73 Å². The number of pyridine rings is 1. The van der Waals surface area contributed by atoms with E-state index in [-0.39, 0.29) is 5.91 Å². The molecule has 0 radical (unpaired) electrons. The molecule has 3 rings (SSSR count). The van der Waals surface area contributed by atoms with Gasteiger partial charge in [-0.25, -0.2) is 0 Å². The molecule has 1 fully saturated rings. The number of piperazine rings is 1. The minimum atomic E-state index is -0.224. The maximum atomic E-state index is 10.9. The summed E-state index contributed by atoms with van der Waals surface area (Å²) in [5, 5.41) is 1.21. The number of anilines is 1. The van der Waals surface area contributed by atoms with Crippen LogP contribution in [0.15, 0.2) is 30.3 Å². The Labute approximate surface area is 130 Å². The van der Waals surface area contributed by atoms with Gasteiger partial charge in [-0.1, -0.05) is 18.2 Å². The second-order valence-corrected chi connectivity index (χ2v) is 5.84. The second-order valence-electron chi connectivity index (χ2n) is 5.84. The number of primary amides is 1. The zero-order valence-electron chi connectivity index (χ0n) is 13.0. The van der Waals surface area contributed by atoms with Crippen LogP contribution in [0.2, 0.25) is 0 Å². The van der Waals surface area contributed by atoms with E-state index in [0.29, 0.717) is 6.42 Å². The van der Waals surface area contributed by atoms with Gasteiger partial charge in [0, 0.05) is 55.9 Å². The average Bonchev–Trinajstić information content (AvgIpc) is 2.52. The number of nitrogens with zero attached hydrogens (tertiary/aromatic N) is 3. The lowest BCUT2D eigenvalue weighted by Crippen LogP contribution is -2.47. The van der Waals surface area contributed by atoms with E-state index >= 15 is 0 Å². The summed E-state index contributed by atoms with van der Waals surface area (Å²) in [4.78, 5) is 20.2. The van der Waals surface area contributed by atoms with Crippen LogP contribution in [0.5, 0.6) is 0 Å². The Hall–Kier alpha value is -2.14. The molecule has 0 bridgehead atoms. The molecule has 1 saturated heterocycles. The van der Waals surface area contributed by atoms with E-state index in [1.54, 1.807) is 0 Å². The standard InChI is InChI=1S/C17H22N4O/c1-13-12-16(14-4-2-3-5-15(14)19-13)21-10-8-20(9-11-21)7-6-17(18)22/h2-5,12H,6-11H2,1H3,(H2,18,22). The summed E-state index contributed by atoms with van der Waals surface area (Å²) in [7, 11) is 0. The molecular formula is C17H22N4O. The largest absolute Gasteiger partial charge is 0.370 e. The van der Waals surface area contributed by atoms with Crippen LogP contribution in [0.25, 0.3) is 10.9 Å². The molecular weight excluding hydrogens is 276 g/mol. The first kappa shape index (κ1) is 14.8. The maximum Gasteiger partial charge on any atom is 0.218 e. The molecule has 2 aromatic rings. The van der Waals surface area contributed by atoms with Gasteiger partial charge in [-0.15, -0.1) is 0 Å². The monoisotopic (exact) mass is 298 g/mol. The first-order valence-electron chi connectivity index (χ1n) is 7.75. The Kier molecular flexibility index (Phi) is 4.24. The molecule has 0 spiro atoms. The fraction of sp³-hybridized carbons (Fsp3) is 0.412. The van der Waals surface area contributed by atoms with E-state index in [1.807, 2.05) is 13.0 Å². The van der Waals surface area contributed by atoms with Crippen molar-refractivity contribution >= 4 is 22.5 Å². The highest BCUT2D eigenvalue weighted by Gasteiger charge is 2.19. The topological polar surface area (TPSA) is 62.5 Å². The molecule has 1 aliphatic heterocycles. The summed E-state index contributed by atoms with van der Waals surface area (Å²) >= 11 is 0. The quantitative estimate of drug-likeness (QED) is 0.930. The van der Waals surface area contributed by atoms with Gasteiger partial charge in [-0.05, 0) is 19.1 Å². The lowest BCUT2D eigenvalue weighted by Gasteiger charge is -2.36. The fourth-order valence-corrected chi connectivity index (χ4v) is 3.03. The van der Waals surface area contributed by atoms with Gasteiger partial charge in [0.05, 0.1) is 5.52 Å². The van der Waals surface area contributed by atoms with Crippen molar-refractivity contribution < 1.29 is 4.79 Å². The van der Waals surface area contributed by atoms with Crippen LogP contribution in [0.1, 0.15) is 12.1 Å². The highest BCUT2D eigenvalue weighted by molar-refractivity contribution is 5.92. The number of hydrogen-bond acceptors (Lipinski definition) is 4. The number of aryl methyl sites for hydroxylation is 1. The van der Waals surface area contributed by atoms with Gasteiger partial charge in [0.2, 0.25) is 5.91 Å². The fourth-order valence-electron chi connectivity index (χ4n) is 3.03. The van der Waals surface area contributed by atoms with Crippen molar-refractivity contribution in [1.29, 1.82) is 0 Å². The highest BCUT2D eigenvalue weighted by Crippen LogP contribution is 2.27. The lowest BCUT2D eigenvalue weighted by molar-refractivity contribution is -0.118. The number of fused-ring (bicyclic) bond motifs is 1. The van der Waals surface area contributed by atoms with E-state index in [2.05, 4.69) is 39.0 Å².